The zero-order valence-corrected chi connectivity index (χ0v) is 63.2. The van der Waals surface area contributed by atoms with E-state index in [1.807, 2.05) is 0 Å². The largest absolute Gasteiger partial charge is 0.472 e. The molecular weight excluding hydrogens is 1230 g/mol. The van der Waals surface area contributed by atoms with Gasteiger partial charge in [-0.1, -0.05) is 331 Å². The van der Waals surface area contributed by atoms with Gasteiger partial charge in [-0.25, -0.2) is 9.13 Å². The SMILES string of the molecule is CCCCCCCCCCCCCCCCCC(=O)OC[C@H](COP(=O)(O)OC[C@@H](O)COP(=O)(O)OC[C@@H](COC(=O)CCCCCCCCC(C)CC)OC(=O)CCCCCCCCCC(C)C)OC(=O)CCCCCCCCCCCCCCCCCCC(C)C. The summed E-state index contributed by atoms with van der Waals surface area (Å²) in [6, 6.07) is 0. The summed E-state index contributed by atoms with van der Waals surface area (Å²) in [5, 5.41) is 10.6. The first kappa shape index (κ1) is 92.1. The lowest BCUT2D eigenvalue weighted by atomic mass is 10.00. The van der Waals surface area contributed by atoms with Gasteiger partial charge < -0.3 is 33.8 Å². The molecule has 3 unspecified atom stereocenters. The van der Waals surface area contributed by atoms with Gasteiger partial charge in [-0.2, -0.15) is 0 Å². The Morgan fingerprint density at radius 1 is 0.309 bits per heavy atom. The highest BCUT2D eigenvalue weighted by Gasteiger charge is 2.30. The Morgan fingerprint density at radius 3 is 0.809 bits per heavy atom. The maximum Gasteiger partial charge on any atom is 0.472 e. The maximum atomic E-state index is 13.1. The van der Waals surface area contributed by atoms with Crippen LogP contribution in [0.2, 0.25) is 0 Å². The average molecular weight is 1380 g/mol. The summed E-state index contributed by atoms with van der Waals surface area (Å²) in [5.41, 5.74) is 0. The topological polar surface area (TPSA) is 237 Å². The van der Waals surface area contributed by atoms with Crippen molar-refractivity contribution in [1.29, 1.82) is 0 Å². The summed E-state index contributed by atoms with van der Waals surface area (Å²) in [6.07, 6.45) is 51.5. The molecule has 17 nitrogen and oxygen atoms in total. The number of aliphatic hydroxyl groups is 1. The lowest BCUT2D eigenvalue weighted by Gasteiger charge is -2.21. The molecule has 0 aliphatic heterocycles. The molecule has 0 rings (SSSR count). The standard InChI is InChI=1S/C75H146O17P2/c1-8-10-11-12-13-14-15-16-19-23-26-29-34-42-49-56-72(77)85-62-70(91-74(79)58-51-44-35-30-27-24-21-18-17-20-22-25-28-32-39-46-53-66(3)4)64-89-93(81,82)87-60-69(76)61-88-94(83,84)90-65-71(92-75(80)59-52-45-36-31-33-40-47-54-67(5)6)63-86-73(78)57-50-43-38-37-41-48-55-68(7)9-2/h66-71,76H,8-65H2,1-7H3,(H,81,82)(H,83,84)/t68?,69-,70-,71-/m1/s1. The van der Waals surface area contributed by atoms with E-state index in [1.54, 1.807) is 0 Å². The van der Waals surface area contributed by atoms with E-state index >= 15 is 0 Å². The summed E-state index contributed by atoms with van der Waals surface area (Å²) in [6.45, 7) is 11.8. The Hall–Kier alpha value is -1.94. The zero-order valence-electron chi connectivity index (χ0n) is 61.4. The average Bonchev–Trinajstić information content (AvgIpc) is 1.23. The van der Waals surface area contributed by atoms with Crippen LogP contribution >= 0.6 is 15.6 Å². The molecule has 0 spiro atoms. The third-order valence-corrected chi connectivity index (χ3v) is 19.6. The minimum atomic E-state index is -4.96. The van der Waals surface area contributed by atoms with E-state index in [9.17, 15) is 43.2 Å². The predicted octanol–water partition coefficient (Wildman–Crippen LogP) is 21.8. The Bertz CT molecular complexity index is 1840. The molecule has 0 heterocycles. The monoisotopic (exact) mass is 1380 g/mol. The molecule has 0 radical (unpaired) electrons. The Balaban J connectivity index is 5.22. The minimum Gasteiger partial charge on any atom is -0.462 e. The molecule has 0 fully saturated rings. The number of unbranched alkanes of at least 4 members (excludes halogenated alkanes) is 40. The molecule has 0 aromatic rings. The number of hydrogen-bond acceptors (Lipinski definition) is 15. The van der Waals surface area contributed by atoms with Crippen LogP contribution in [0.15, 0.2) is 0 Å². The van der Waals surface area contributed by atoms with E-state index in [4.69, 9.17) is 37.0 Å². The van der Waals surface area contributed by atoms with Crippen LogP contribution in [0.5, 0.6) is 0 Å². The van der Waals surface area contributed by atoms with Crippen LogP contribution in [0, 0.1) is 17.8 Å². The maximum absolute atomic E-state index is 13.1. The number of esters is 4. The van der Waals surface area contributed by atoms with Gasteiger partial charge in [0.25, 0.3) is 0 Å². The van der Waals surface area contributed by atoms with Crippen molar-refractivity contribution in [3.05, 3.63) is 0 Å². The lowest BCUT2D eigenvalue weighted by Crippen LogP contribution is -2.30. The Labute approximate surface area is 575 Å². The molecule has 19 heteroatoms. The highest BCUT2D eigenvalue weighted by atomic mass is 31.2. The Morgan fingerprint density at radius 2 is 0.543 bits per heavy atom. The van der Waals surface area contributed by atoms with Gasteiger partial charge in [-0.15, -0.1) is 0 Å². The van der Waals surface area contributed by atoms with Crippen molar-refractivity contribution in [2.75, 3.05) is 39.6 Å². The molecule has 0 bridgehead atoms. The number of hydrogen-bond donors (Lipinski definition) is 3. The van der Waals surface area contributed by atoms with Crippen LogP contribution in [0.25, 0.3) is 0 Å². The fourth-order valence-corrected chi connectivity index (χ4v) is 13.0. The second kappa shape index (κ2) is 65.7. The van der Waals surface area contributed by atoms with Crippen LogP contribution in [-0.4, -0.2) is 96.7 Å². The van der Waals surface area contributed by atoms with Gasteiger partial charge in [0.15, 0.2) is 12.2 Å². The molecular formula is C75H146O17P2. The summed E-state index contributed by atoms with van der Waals surface area (Å²) < 4.78 is 68.4. The van der Waals surface area contributed by atoms with E-state index in [1.165, 1.54) is 186 Å². The van der Waals surface area contributed by atoms with E-state index in [0.717, 1.165) is 108 Å². The number of carbonyl (C=O) groups is 4. The number of ether oxygens (including phenoxy) is 4. The molecule has 0 aromatic heterocycles. The van der Waals surface area contributed by atoms with Gasteiger partial charge in [0.05, 0.1) is 26.4 Å². The number of phosphoric ester groups is 2. The normalized spacial score (nSPS) is 14.4. The predicted molar refractivity (Wildman–Crippen MR) is 381 cm³/mol. The van der Waals surface area contributed by atoms with Gasteiger partial charge in [0.1, 0.15) is 19.3 Å². The molecule has 0 saturated carbocycles. The van der Waals surface area contributed by atoms with Crippen LogP contribution in [0.3, 0.4) is 0 Å². The van der Waals surface area contributed by atoms with Crippen LogP contribution in [-0.2, 0) is 65.4 Å². The smallest absolute Gasteiger partial charge is 0.462 e. The third kappa shape index (κ3) is 67.3. The van der Waals surface area contributed by atoms with Crippen molar-refractivity contribution in [3.8, 4) is 0 Å². The van der Waals surface area contributed by atoms with Crippen molar-refractivity contribution >= 4 is 39.5 Å². The van der Waals surface area contributed by atoms with Crippen LogP contribution in [0.1, 0.15) is 382 Å². The Kier molecular flexibility index (Phi) is 64.3. The fourth-order valence-electron chi connectivity index (χ4n) is 11.4. The number of aliphatic hydroxyl groups excluding tert-OH is 1. The highest BCUT2D eigenvalue weighted by molar-refractivity contribution is 7.47. The molecule has 94 heavy (non-hydrogen) atoms. The van der Waals surface area contributed by atoms with Crippen molar-refractivity contribution in [2.45, 2.75) is 401 Å². The molecule has 0 aromatic carbocycles. The summed E-state index contributed by atoms with van der Waals surface area (Å²) in [7, 11) is -9.91. The quantitative estimate of drug-likeness (QED) is 0.0222. The number of carbonyl (C=O) groups excluding carboxylic acids is 4. The molecule has 0 amide bonds. The van der Waals surface area contributed by atoms with Gasteiger partial charge >= 0.3 is 39.5 Å². The minimum absolute atomic E-state index is 0.103. The summed E-state index contributed by atoms with van der Waals surface area (Å²) in [5.74, 6) is 0.114. The van der Waals surface area contributed by atoms with Crippen molar-refractivity contribution < 1.29 is 80.2 Å². The van der Waals surface area contributed by atoms with Crippen molar-refractivity contribution in [1.82, 2.24) is 0 Å². The highest BCUT2D eigenvalue weighted by Crippen LogP contribution is 2.45. The van der Waals surface area contributed by atoms with E-state index in [-0.39, 0.29) is 25.7 Å². The van der Waals surface area contributed by atoms with Gasteiger partial charge in [-0.05, 0) is 43.4 Å². The first-order valence-electron chi connectivity index (χ1n) is 38.9. The van der Waals surface area contributed by atoms with E-state index in [2.05, 4.69) is 48.5 Å². The second-order valence-electron chi connectivity index (χ2n) is 28.2. The molecule has 0 aliphatic rings. The van der Waals surface area contributed by atoms with Crippen molar-refractivity contribution in [3.63, 3.8) is 0 Å². The fraction of sp³-hybridized carbons (Fsp3) is 0.947. The number of phosphoric acid groups is 2. The van der Waals surface area contributed by atoms with Crippen molar-refractivity contribution in [2.24, 2.45) is 17.8 Å². The summed E-state index contributed by atoms with van der Waals surface area (Å²) in [4.78, 5) is 72.7. The third-order valence-electron chi connectivity index (χ3n) is 17.7. The first-order chi connectivity index (χ1) is 45.3. The van der Waals surface area contributed by atoms with Gasteiger partial charge in [0, 0.05) is 25.7 Å². The number of rotatable bonds is 73. The molecule has 6 atom stereocenters. The second-order valence-corrected chi connectivity index (χ2v) is 31.1. The van der Waals surface area contributed by atoms with Crippen LogP contribution in [0.4, 0.5) is 0 Å². The summed E-state index contributed by atoms with van der Waals surface area (Å²) >= 11 is 0. The molecule has 0 aliphatic carbocycles. The molecule has 3 N–H and O–H groups in total. The first-order valence-corrected chi connectivity index (χ1v) is 41.9. The van der Waals surface area contributed by atoms with E-state index in [0.29, 0.717) is 31.6 Å². The lowest BCUT2D eigenvalue weighted by molar-refractivity contribution is -0.161. The van der Waals surface area contributed by atoms with Gasteiger partial charge in [0.2, 0.25) is 0 Å². The zero-order chi connectivity index (χ0) is 69.4. The van der Waals surface area contributed by atoms with Gasteiger partial charge in [-0.3, -0.25) is 37.3 Å². The molecule has 0 saturated heterocycles. The van der Waals surface area contributed by atoms with E-state index < -0.39 is 97.5 Å². The molecule has 558 valence electrons. The van der Waals surface area contributed by atoms with Crippen LogP contribution < -0.4 is 0 Å².